The molecule has 0 rings (SSSR count). The van der Waals surface area contributed by atoms with Gasteiger partial charge in [0.15, 0.2) is 0 Å². The van der Waals surface area contributed by atoms with Crippen LogP contribution in [0.3, 0.4) is 0 Å². The summed E-state index contributed by atoms with van der Waals surface area (Å²) in [5.41, 5.74) is -1.22. The molecule has 2 atom stereocenters. The van der Waals surface area contributed by atoms with Gasteiger partial charge in [-0.25, -0.2) is 24.3 Å². The van der Waals surface area contributed by atoms with Crippen molar-refractivity contribution in [3.63, 3.8) is 0 Å². The van der Waals surface area contributed by atoms with Gasteiger partial charge in [0.1, 0.15) is 36.6 Å². The second-order valence-electron chi connectivity index (χ2n) is 13.7. The number of ether oxygens (including phenoxy) is 2. The van der Waals surface area contributed by atoms with Crippen molar-refractivity contribution >= 4 is 6.16 Å². The van der Waals surface area contributed by atoms with Gasteiger partial charge in [0, 0.05) is 0 Å². The zero-order valence-electron chi connectivity index (χ0n) is 27.0. The van der Waals surface area contributed by atoms with Crippen molar-refractivity contribution in [2.75, 3.05) is 13.2 Å². The highest BCUT2D eigenvalue weighted by atomic mass is 17.2. The summed E-state index contributed by atoms with van der Waals surface area (Å²) in [4.78, 5) is 35.5. The van der Waals surface area contributed by atoms with Gasteiger partial charge in [0.25, 0.3) is 0 Å². The fourth-order valence-electron chi connectivity index (χ4n) is 3.01. The molecule has 0 saturated carbocycles. The van der Waals surface area contributed by atoms with Gasteiger partial charge >= 0.3 is 6.16 Å². The van der Waals surface area contributed by atoms with Gasteiger partial charge in [-0.3, -0.25) is 0 Å². The van der Waals surface area contributed by atoms with E-state index in [1.165, 1.54) is 0 Å². The van der Waals surface area contributed by atoms with Gasteiger partial charge in [-0.2, -0.15) is 0 Å². The maximum atomic E-state index is 12.8. The molecule has 0 bridgehead atoms. The summed E-state index contributed by atoms with van der Waals surface area (Å²) in [7, 11) is 0. The lowest BCUT2D eigenvalue weighted by molar-refractivity contribution is -0.381. The Morgan fingerprint density at radius 2 is 0.895 bits per heavy atom. The first-order valence-electron chi connectivity index (χ1n) is 14.9. The van der Waals surface area contributed by atoms with Gasteiger partial charge in [-0.15, -0.1) is 0 Å². The number of hydrogen-bond donors (Lipinski definition) is 0. The van der Waals surface area contributed by atoms with Crippen molar-refractivity contribution in [2.45, 2.75) is 171 Å². The van der Waals surface area contributed by atoms with Gasteiger partial charge in [0.05, 0.1) is 0 Å². The van der Waals surface area contributed by atoms with E-state index in [0.717, 1.165) is 51.4 Å². The molecule has 0 aromatic rings. The molecule has 2 unspecified atom stereocenters. The summed E-state index contributed by atoms with van der Waals surface area (Å²) in [6, 6.07) is 0. The van der Waals surface area contributed by atoms with Crippen LogP contribution in [0.4, 0.5) is 4.79 Å². The van der Waals surface area contributed by atoms with Gasteiger partial charge in [-0.05, 0) is 64.2 Å². The van der Waals surface area contributed by atoms with Crippen LogP contribution in [0.5, 0.6) is 0 Å². The Labute approximate surface area is 234 Å². The van der Waals surface area contributed by atoms with Crippen LogP contribution in [-0.2, 0) is 29.0 Å². The molecule has 0 aromatic carbocycles. The lowest BCUT2D eigenvalue weighted by Gasteiger charge is -2.37. The van der Waals surface area contributed by atoms with Crippen molar-refractivity contribution in [2.24, 2.45) is 10.8 Å². The van der Waals surface area contributed by atoms with Crippen LogP contribution in [0, 0.1) is 10.8 Å². The largest absolute Gasteiger partial charge is 0.508 e. The third-order valence-corrected chi connectivity index (χ3v) is 7.94. The quantitative estimate of drug-likeness (QED) is 0.0651. The van der Waals surface area contributed by atoms with Crippen LogP contribution in [0.1, 0.15) is 147 Å². The Hall–Kier alpha value is -0.890. The number of unbranched alkanes of at least 4 members (excludes halogenated alkanes) is 6. The highest BCUT2D eigenvalue weighted by molar-refractivity contribution is 5.60. The highest BCUT2D eigenvalue weighted by Crippen LogP contribution is 2.34. The van der Waals surface area contributed by atoms with Crippen LogP contribution in [0.15, 0.2) is 0 Å². The summed E-state index contributed by atoms with van der Waals surface area (Å²) < 4.78 is 11.5. The fraction of sp³-hybridized carbons (Fsp3) is 0.968. The average Bonchev–Trinajstić information content (AvgIpc) is 2.77. The summed E-state index contributed by atoms with van der Waals surface area (Å²) in [5, 5.41) is 0. The van der Waals surface area contributed by atoms with Crippen molar-refractivity contribution < 1.29 is 33.8 Å². The SMILES string of the molecule is CCCCCCC(COOC(C)(C)C(C)(C)C)OC(=O)OC(CCCCCC)COOC(C)(C)C(C)(C)C. The van der Waals surface area contributed by atoms with E-state index in [2.05, 4.69) is 55.4 Å². The Kier molecular flexibility index (Phi) is 17.3. The van der Waals surface area contributed by atoms with Crippen LogP contribution in [-0.4, -0.2) is 42.8 Å². The van der Waals surface area contributed by atoms with Crippen molar-refractivity contribution in [3.05, 3.63) is 0 Å². The first-order chi connectivity index (χ1) is 17.5. The van der Waals surface area contributed by atoms with E-state index in [0.29, 0.717) is 12.8 Å². The molecule has 0 heterocycles. The first kappa shape index (κ1) is 37.1. The minimum atomic E-state index is -0.705. The number of carbonyl (C=O) groups excluding carboxylic acids is 1. The van der Waals surface area contributed by atoms with E-state index < -0.39 is 29.6 Å². The second-order valence-corrected chi connectivity index (χ2v) is 13.7. The third kappa shape index (κ3) is 15.6. The van der Waals surface area contributed by atoms with Crippen LogP contribution < -0.4 is 0 Å². The molecule has 0 saturated heterocycles. The molecule has 228 valence electrons. The molecule has 0 aliphatic rings. The van der Waals surface area contributed by atoms with E-state index >= 15 is 0 Å². The Balaban J connectivity index is 5.11. The first-order valence-corrected chi connectivity index (χ1v) is 14.9. The fourth-order valence-corrected chi connectivity index (χ4v) is 3.01. The lowest BCUT2D eigenvalue weighted by atomic mass is 9.79. The number of hydrogen-bond acceptors (Lipinski definition) is 7. The molecule has 38 heavy (non-hydrogen) atoms. The molecule has 0 N–H and O–H groups in total. The molecular weight excluding hydrogens is 484 g/mol. The standard InChI is InChI=1S/C31H62O7/c1-13-15-17-19-21-25(23-33-37-30(9,10)28(3,4)5)35-27(32)36-26(22-20-18-16-14-2)24-34-38-31(11,12)29(6,7)8/h25-26H,13-24H2,1-12H3. The monoisotopic (exact) mass is 546 g/mol. The summed E-state index contributed by atoms with van der Waals surface area (Å²) in [6.07, 6.45) is 8.38. The van der Waals surface area contributed by atoms with Crippen LogP contribution in [0.2, 0.25) is 0 Å². The topological polar surface area (TPSA) is 72.5 Å². The minimum Gasteiger partial charge on any atom is -0.428 e. The molecule has 0 aliphatic heterocycles. The van der Waals surface area contributed by atoms with E-state index in [-0.39, 0.29) is 24.0 Å². The highest BCUT2D eigenvalue weighted by Gasteiger charge is 2.36. The Morgan fingerprint density at radius 1 is 0.553 bits per heavy atom. The van der Waals surface area contributed by atoms with Gasteiger partial charge in [-0.1, -0.05) is 93.9 Å². The molecule has 0 amide bonds. The van der Waals surface area contributed by atoms with Gasteiger partial charge in [0.2, 0.25) is 0 Å². The summed E-state index contributed by atoms with van der Waals surface area (Å²) in [5.74, 6) is 0. The molecule has 7 heteroatoms. The van der Waals surface area contributed by atoms with E-state index in [1.807, 2.05) is 27.7 Å². The lowest BCUT2D eigenvalue weighted by Crippen LogP contribution is -2.40. The molecule has 7 nitrogen and oxygen atoms in total. The molecule has 0 aliphatic carbocycles. The maximum Gasteiger partial charge on any atom is 0.508 e. The minimum absolute atomic E-state index is 0.113. The van der Waals surface area contributed by atoms with E-state index in [1.54, 1.807) is 0 Å². The molecular formula is C31H62O7. The summed E-state index contributed by atoms with van der Waals surface area (Å²) >= 11 is 0. The Morgan fingerprint density at radius 3 is 1.18 bits per heavy atom. The molecule has 0 spiro atoms. The van der Waals surface area contributed by atoms with E-state index in [9.17, 15) is 4.79 Å². The molecule has 0 fully saturated rings. The van der Waals surface area contributed by atoms with Crippen molar-refractivity contribution in [1.29, 1.82) is 0 Å². The normalized spacial score (nSPS) is 14.8. The van der Waals surface area contributed by atoms with E-state index in [4.69, 9.17) is 29.0 Å². The number of rotatable bonds is 20. The predicted molar refractivity (Wildman–Crippen MR) is 154 cm³/mol. The van der Waals surface area contributed by atoms with Crippen LogP contribution in [0.25, 0.3) is 0 Å². The molecule has 0 radical (unpaired) electrons. The Bertz CT molecular complexity index is 565. The average molecular weight is 547 g/mol. The predicted octanol–water partition coefficient (Wildman–Crippen LogP) is 9.36. The van der Waals surface area contributed by atoms with Gasteiger partial charge < -0.3 is 9.47 Å². The zero-order chi connectivity index (χ0) is 29.5. The smallest absolute Gasteiger partial charge is 0.428 e. The van der Waals surface area contributed by atoms with Crippen molar-refractivity contribution in [3.8, 4) is 0 Å². The summed E-state index contributed by atoms with van der Waals surface area (Å²) in [6.45, 7) is 25.2. The zero-order valence-corrected chi connectivity index (χ0v) is 27.0. The van der Waals surface area contributed by atoms with Crippen molar-refractivity contribution in [1.82, 2.24) is 0 Å². The molecule has 0 aromatic heterocycles. The van der Waals surface area contributed by atoms with Crippen LogP contribution >= 0.6 is 0 Å². The maximum absolute atomic E-state index is 12.8. The second kappa shape index (κ2) is 17.7. The number of carbonyl (C=O) groups is 1. The third-order valence-electron chi connectivity index (χ3n) is 7.94.